The van der Waals surface area contributed by atoms with E-state index in [1.54, 1.807) is 25.1 Å². The Morgan fingerprint density at radius 3 is 2.58 bits per heavy atom. The molecule has 1 saturated heterocycles. The molecule has 1 N–H and O–H groups in total. The molecule has 7 nitrogen and oxygen atoms in total. The Bertz CT molecular complexity index is 664. The molecule has 2 rings (SSSR count). The first-order chi connectivity index (χ1) is 11.3. The summed E-state index contributed by atoms with van der Waals surface area (Å²) in [5.74, 6) is -0.750. The number of ether oxygens (including phenoxy) is 2. The summed E-state index contributed by atoms with van der Waals surface area (Å²) in [5, 5.41) is 3.08. The second-order valence-electron chi connectivity index (χ2n) is 5.47. The maximum absolute atomic E-state index is 12.1. The van der Waals surface area contributed by atoms with E-state index in [9.17, 15) is 14.4 Å². The minimum atomic E-state index is -1.07. The second-order valence-corrected chi connectivity index (χ2v) is 5.91. The lowest BCUT2D eigenvalue weighted by molar-refractivity contribution is -0.163. The van der Waals surface area contributed by atoms with Gasteiger partial charge < -0.3 is 14.8 Å². The van der Waals surface area contributed by atoms with Crippen LogP contribution in [0.2, 0.25) is 5.02 Å². The molecule has 0 saturated carbocycles. The van der Waals surface area contributed by atoms with E-state index >= 15 is 0 Å². The number of carbonyl (C=O) groups excluding carboxylic acids is 3. The number of hydrogen-bond acceptors (Lipinski definition) is 5. The lowest BCUT2D eigenvalue weighted by Gasteiger charge is -2.21. The number of halogens is 1. The summed E-state index contributed by atoms with van der Waals surface area (Å²) in [6, 6.07) is 4.54. The molecule has 1 aromatic rings. The van der Waals surface area contributed by atoms with E-state index in [1.807, 2.05) is 0 Å². The van der Waals surface area contributed by atoms with Crippen molar-refractivity contribution in [1.29, 1.82) is 0 Å². The molecule has 8 heteroatoms. The van der Waals surface area contributed by atoms with Gasteiger partial charge in [0.2, 0.25) is 0 Å². The fourth-order valence-corrected chi connectivity index (χ4v) is 2.43. The predicted octanol–water partition coefficient (Wildman–Crippen LogP) is 1.90. The Hall–Kier alpha value is -2.28. The Labute approximate surface area is 144 Å². The van der Waals surface area contributed by atoms with Gasteiger partial charge in [-0.3, -0.25) is 9.69 Å². The molecule has 1 heterocycles. The van der Waals surface area contributed by atoms with Crippen LogP contribution >= 0.6 is 11.6 Å². The molecule has 1 aliphatic heterocycles. The third-order valence-corrected chi connectivity index (χ3v) is 3.77. The molecule has 0 aromatic heterocycles. The lowest BCUT2D eigenvalue weighted by atomic mass is 10.2. The zero-order chi connectivity index (χ0) is 17.9. The minimum Gasteiger partial charge on any atom is -0.479 e. The zero-order valence-electron chi connectivity index (χ0n) is 13.7. The number of nitrogens with zero attached hydrogens (tertiary/aromatic N) is 1. The Kier molecular flexibility index (Phi) is 5.66. The SMILES string of the molecule is Cc1cc(Cl)ccc1O[C@@H](C)C(=O)O[C@@H](C)C(=O)N1CCNC1=O. The van der Waals surface area contributed by atoms with Crippen molar-refractivity contribution >= 4 is 29.5 Å². The van der Waals surface area contributed by atoms with Crippen LogP contribution in [-0.4, -0.2) is 48.1 Å². The molecule has 3 amide bonds. The number of carbonyl (C=O) groups is 3. The lowest BCUT2D eigenvalue weighted by Crippen LogP contribution is -2.43. The molecule has 130 valence electrons. The van der Waals surface area contributed by atoms with Crippen molar-refractivity contribution in [3.63, 3.8) is 0 Å². The van der Waals surface area contributed by atoms with Gasteiger partial charge in [0, 0.05) is 18.1 Å². The smallest absolute Gasteiger partial charge is 0.347 e. The highest BCUT2D eigenvalue weighted by atomic mass is 35.5. The summed E-state index contributed by atoms with van der Waals surface area (Å²) < 4.78 is 10.7. The number of aryl methyl sites for hydroxylation is 1. The molecule has 1 fully saturated rings. The van der Waals surface area contributed by atoms with Crippen LogP contribution in [0.15, 0.2) is 18.2 Å². The van der Waals surface area contributed by atoms with Crippen LogP contribution in [0.1, 0.15) is 19.4 Å². The highest BCUT2D eigenvalue weighted by molar-refractivity contribution is 6.30. The average Bonchev–Trinajstić information content (AvgIpc) is 2.95. The van der Waals surface area contributed by atoms with Crippen LogP contribution in [0.3, 0.4) is 0 Å². The highest BCUT2D eigenvalue weighted by Crippen LogP contribution is 2.23. The Morgan fingerprint density at radius 2 is 2.00 bits per heavy atom. The maximum atomic E-state index is 12.1. The number of nitrogens with one attached hydrogen (secondary N) is 1. The standard InChI is InChI=1S/C16H19ClN2O5/c1-9-8-12(17)4-5-13(9)23-11(3)15(21)24-10(2)14(20)19-7-6-18-16(19)22/h4-5,8,10-11H,6-7H2,1-3H3,(H,18,22)/t10-,11-/m0/s1. The summed E-state index contributed by atoms with van der Waals surface area (Å²) >= 11 is 5.87. The summed E-state index contributed by atoms with van der Waals surface area (Å²) in [4.78, 5) is 36.7. The number of rotatable bonds is 5. The Morgan fingerprint density at radius 1 is 1.29 bits per heavy atom. The third-order valence-electron chi connectivity index (χ3n) is 3.54. The first-order valence-corrected chi connectivity index (χ1v) is 7.90. The number of imide groups is 1. The first-order valence-electron chi connectivity index (χ1n) is 7.52. The average molecular weight is 355 g/mol. The second kappa shape index (κ2) is 7.53. The van der Waals surface area contributed by atoms with Crippen molar-refractivity contribution in [2.75, 3.05) is 13.1 Å². The quantitative estimate of drug-likeness (QED) is 0.816. The van der Waals surface area contributed by atoms with Gasteiger partial charge in [-0.1, -0.05) is 11.6 Å². The van der Waals surface area contributed by atoms with E-state index in [2.05, 4.69) is 5.32 Å². The third kappa shape index (κ3) is 4.17. The molecular weight excluding hydrogens is 336 g/mol. The molecular formula is C16H19ClN2O5. The topological polar surface area (TPSA) is 84.9 Å². The largest absolute Gasteiger partial charge is 0.479 e. The van der Waals surface area contributed by atoms with Crippen molar-refractivity contribution in [2.45, 2.75) is 33.0 Å². The van der Waals surface area contributed by atoms with Crippen LogP contribution in [0.5, 0.6) is 5.75 Å². The molecule has 0 bridgehead atoms. The van der Waals surface area contributed by atoms with E-state index in [0.717, 1.165) is 10.5 Å². The molecule has 0 spiro atoms. The fourth-order valence-electron chi connectivity index (χ4n) is 2.21. The number of esters is 1. The van der Waals surface area contributed by atoms with Crippen molar-refractivity contribution < 1.29 is 23.9 Å². The molecule has 1 aliphatic rings. The van der Waals surface area contributed by atoms with Crippen molar-refractivity contribution in [3.05, 3.63) is 28.8 Å². The van der Waals surface area contributed by atoms with Gasteiger partial charge in [0.1, 0.15) is 5.75 Å². The van der Waals surface area contributed by atoms with Crippen LogP contribution in [0, 0.1) is 6.92 Å². The van der Waals surface area contributed by atoms with Gasteiger partial charge in [0.05, 0.1) is 0 Å². The molecule has 0 aliphatic carbocycles. The van der Waals surface area contributed by atoms with Gasteiger partial charge >= 0.3 is 12.0 Å². The zero-order valence-corrected chi connectivity index (χ0v) is 14.4. The fraction of sp³-hybridized carbons (Fsp3) is 0.438. The molecule has 1 aromatic carbocycles. The van der Waals surface area contributed by atoms with Gasteiger partial charge in [-0.15, -0.1) is 0 Å². The van der Waals surface area contributed by atoms with E-state index in [4.69, 9.17) is 21.1 Å². The molecule has 0 unspecified atom stereocenters. The summed E-state index contributed by atoms with van der Waals surface area (Å²) in [7, 11) is 0. The number of benzene rings is 1. The van der Waals surface area contributed by atoms with Crippen LogP contribution < -0.4 is 10.1 Å². The van der Waals surface area contributed by atoms with E-state index in [1.165, 1.54) is 13.8 Å². The maximum Gasteiger partial charge on any atom is 0.347 e. The normalized spacial score (nSPS) is 16.3. The van der Waals surface area contributed by atoms with E-state index in [-0.39, 0.29) is 6.54 Å². The van der Waals surface area contributed by atoms with Crippen LogP contribution in [0.4, 0.5) is 4.79 Å². The van der Waals surface area contributed by atoms with Crippen molar-refractivity contribution in [3.8, 4) is 5.75 Å². The number of hydrogen-bond donors (Lipinski definition) is 1. The minimum absolute atomic E-state index is 0.260. The van der Waals surface area contributed by atoms with Crippen LogP contribution in [-0.2, 0) is 14.3 Å². The van der Waals surface area contributed by atoms with Crippen molar-refractivity contribution in [2.24, 2.45) is 0 Å². The number of amides is 3. The van der Waals surface area contributed by atoms with Gasteiger partial charge in [0.25, 0.3) is 5.91 Å². The monoisotopic (exact) mass is 354 g/mol. The summed E-state index contributed by atoms with van der Waals surface area (Å²) in [6.45, 7) is 5.40. The summed E-state index contributed by atoms with van der Waals surface area (Å²) in [6.07, 6.45) is -1.98. The van der Waals surface area contributed by atoms with E-state index in [0.29, 0.717) is 17.3 Å². The first kappa shape index (κ1) is 18.1. The van der Waals surface area contributed by atoms with Gasteiger partial charge in [0.15, 0.2) is 12.2 Å². The molecule has 24 heavy (non-hydrogen) atoms. The Balaban J connectivity index is 1.93. The van der Waals surface area contributed by atoms with Gasteiger partial charge in [-0.2, -0.15) is 0 Å². The number of urea groups is 1. The molecule has 0 radical (unpaired) electrons. The van der Waals surface area contributed by atoms with Gasteiger partial charge in [-0.05, 0) is 44.5 Å². The van der Waals surface area contributed by atoms with Crippen LogP contribution in [0.25, 0.3) is 0 Å². The van der Waals surface area contributed by atoms with E-state index < -0.39 is 30.1 Å². The predicted molar refractivity (Wildman–Crippen MR) is 86.9 cm³/mol. The summed E-state index contributed by atoms with van der Waals surface area (Å²) in [5.41, 5.74) is 0.778. The highest BCUT2D eigenvalue weighted by Gasteiger charge is 2.32. The van der Waals surface area contributed by atoms with Crippen molar-refractivity contribution in [1.82, 2.24) is 10.2 Å². The van der Waals surface area contributed by atoms with Gasteiger partial charge in [-0.25, -0.2) is 9.59 Å². The molecule has 2 atom stereocenters.